The van der Waals surface area contributed by atoms with Crippen LogP contribution in [0.5, 0.6) is 0 Å². The number of halogens is 4. The van der Waals surface area contributed by atoms with Crippen molar-refractivity contribution in [3.63, 3.8) is 0 Å². The normalized spacial score (nSPS) is 20.4. The van der Waals surface area contributed by atoms with E-state index in [-0.39, 0.29) is 13.0 Å². The van der Waals surface area contributed by atoms with E-state index in [1.165, 1.54) is 11.1 Å². The number of hydrogen-bond acceptors (Lipinski definition) is 2. The summed E-state index contributed by atoms with van der Waals surface area (Å²) in [4.78, 5) is 17.3. The van der Waals surface area contributed by atoms with Gasteiger partial charge >= 0.3 is 6.18 Å². The highest BCUT2D eigenvalue weighted by Gasteiger charge is 2.42. The molecule has 0 bridgehead atoms. The molecule has 1 fully saturated rings. The maximum absolute atomic E-state index is 12.7. The molecule has 0 saturated carbocycles. The van der Waals surface area contributed by atoms with E-state index in [1.807, 2.05) is 0 Å². The Morgan fingerprint density at radius 1 is 1.47 bits per heavy atom. The topological polar surface area (TPSA) is 33.2 Å². The van der Waals surface area contributed by atoms with Crippen LogP contribution in [0.3, 0.4) is 0 Å². The summed E-state index contributed by atoms with van der Waals surface area (Å²) in [6.07, 6.45) is -2.28. The molecule has 0 radical (unpaired) electrons. The molecule has 7 heteroatoms. The Balaban J connectivity index is 2.14. The average molecular weight is 337 g/mol. The van der Waals surface area contributed by atoms with Gasteiger partial charge in [-0.3, -0.25) is 4.79 Å². The van der Waals surface area contributed by atoms with E-state index in [4.69, 9.17) is 0 Å². The minimum Gasteiger partial charge on any atom is -0.338 e. The van der Waals surface area contributed by atoms with Crippen molar-refractivity contribution < 1.29 is 18.0 Å². The van der Waals surface area contributed by atoms with Crippen molar-refractivity contribution >= 4 is 21.8 Å². The lowest BCUT2D eigenvalue weighted by molar-refractivity contribution is -0.184. The van der Waals surface area contributed by atoms with Crippen molar-refractivity contribution in [3.05, 3.63) is 28.5 Å². The Kier molecular flexibility index (Phi) is 4.13. The molecular formula is C12H12BrF3N2O. The zero-order chi connectivity index (χ0) is 14.0. The maximum Gasteiger partial charge on any atom is 0.393 e. The highest BCUT2D eigenvalue weighted by atomic mass is 79.9. The number of pyridine rings is 1. The summed E-state index contributed by atoms with van der Waals surface area (Å²) in [6.45, 7) is 0.0798. The van der Waals surface area contributed by atoms with E-state index >= 15 is 0 Å². The van der Waals surface area contributed by atoms with Crippen LogP contribution in [-0.4, -0.2) is 35.1 Å². The standard InChI is InChI=1S/C12H12BrF3N2O/c13-10-9(4-1-5-17-10)11(19)18-6-2-3-8(7-18)12(14,15)16/h1,4-5,8H,2-3,6-7H2. The minimum atomic E-state index is -4.24. The molecule has 19 heavy (non-hydrogen) atoms. The molecule has 2 heterocycles. The van der Waals surface area contributed by atoms with Crippen LogP contribution in [0.2, 0.25) is 0 Å². The number of hydrogen-bond donors (Lipinski definition) is 0. The number of carbonyl (C=O) groups excluding carboxylic acids is 1. The van der Waals surface area contributed by atoms with Crippen LogP contribution >= 0.6 is 15.9 Å². The van der Waals surface area contributed by atoms with Crippen LogP contribution in [-0.2, 0) is 0 Å². The average Bonchev–Trinajstić information content (AvgIpc) is 2.38. The largest absolute Gasteiger partial charge is 0.393 e. The lowest BCUT2D eigenvalue weighted by atomic mass is 9.97. The van der Waals surface area contributed by atoms with Gasteiger partial charge in [-0.05, 0) is 40.9 Å². The number of piperidine rings is 1. The second-order valence-electron chi connectivity index (χ2n) is 4.47. The maximum atomic E-state index is 12.7. The highest BCUT2D eigenvalue weighted by Crippen LogP contribution is 2.33. The number of nitrogens with zero attached hydrogens (tertiary/aromatic N) is 2. The number of rotatable bonds is 1. The van der Waals surface area contributed by atoms with E-state index in [9.17, 15) is 18.0 Å². The second-order valence-corrected chi connectivity index (χ2v) is 5.22. The molecule has 1 aliphatic rings. The summed E-state index contributed by atoms with van der Waals surface area (Å²) in [5.74, 6) is -1.84. The molecule has 104 valence electrons. The first-order valence-corrected chi connectivity index (χ1v) is 6.65. The van der Waals surface area contributed by atoms with Crippen LogP contribution in [0.25, 0.3) is 0 Å². The molecule has 0 aromatic carbocycles. The van der Waals surface area contributed by atoms with Gasteiger partial charge in [0.1, 0.15) is 4.60 Å². The molecule has 0 N–H and O–H groups in total. The van der Waals surface area contributed by atoms with Crippen LogP contribution in [0.15, 0.2) is 22.9 Å². The third-order valence-electron chi connectivity index (χ3n) is 3.16. The van der Waals surface area contributed by atoms with E-state index in [0.717, 1.165) is 0 Å². The van der Waals surface area contributed by atoms with Gasteiger partial charge < -0.3 is 4.90 Å². The number of aromatic nitrogens is 1. The van der Waals surface area contributed by atoms with Crippen LogP contribution in [0.1, 0.15) is 23.2 Å². The minimum absolute atomic E-state index is 0.0848. The Morgan fingerprint density at radius 3 is 2.84 bits per heavy atom. The summed E-state index contributed by atoms with van der Waals surface area (Å²) < 4.78 is 38.5. The van der Waals surface area contributed by atoms with E-state index in [1.54, 1.807) is 12.1 Å². The van der Waals surface area contributed by atoms with E-state index < -0.39 is 18.0 Å². The Labute approximate surface area is 116 Å². The lowest BCUT2D eigenvalue weighted by Gasteiger charge is -2.33. The van der Waals surface area contributed by atoms with Crippen molar-refractivity contribution in [2.75, 3.05) is 13.1 Å². The number of likely N-dealkylation sites (tertiary alicyclic amines) is 1. The Hall–Kier alpha value is -1.11. The summed E-state index contributed by atoms with van der Waals surface area (Å²) in [6, 6.07) is 3.14. The predicted molar refractivity (Wildman–Crippen MR) is 66.6 cm³/mol. The van der Waals surface area contributed by atoms with Gasteiger partial charge in [-0.1, -0.05) is 0 Å². The SMILES string of the molecule is O=C(c1cccnc1Br)N1CCCC(C(F)(F)F)C1. The number of alkyl halides is 3. The molecule has 1 amide bonds. The molecule has 1 aromatic rings. The van der Waals surface area contributed by atoms with Gasteiger partial charge in [0.25, 0.3) is 5.91 Å². The smallest absolute Gasteiger partial charge is 0.338 e. The molecule has 1 aliphatic heterocycles. The van der Waals surface area contributed by atoms with Gasteiger partial charge in [0.05, 0.1) is 11.5 Å². The number of amides is 1. The molecular weight excluding hydrogens is 325 g/mol. The first kappa shape index (κ1) is 14.3. The molecule has 0 spiro atoms. The summed E-state index contributed by atoms with van der Waals surface area (Å²) in [7, 11) is 0. The quantitative estimate of drug-likeness (QED) is 0.737. The fourth-order valence-electron chi connectivity index (χ4n) is 2.14. The molecule has 1 saturated heterocycles. The summed E-state index contributed by atoms with van der Waals surface area (Å²) >= 11 is 3.14. The van der Waals surface area contributed by atoms with Gasteiger partial charge in [-0.15, -0.1) is 0 Å². The van der Waals surface area contributed by atoms with Crippen molar-refractivity contribution in [2.45, 2.75) is 19.0 Å². The van der Waals surface area contributed by atoms with E-state index in [2.05, 4.69) is 20.9 Å². The first-order valence-electron chi connectivity index (χ1n) is 5.86. The van der Waals surface area contributed by atoms with Crippen LogP contribution in [0.4, 0.5) is 13.2 Å². The fourth-order valence-corrected chi connectivity index (χ4v) is 2.56. The van der Waals surface area contributed by atoms with Gasteiger partial charge in [-0.2, -0.15) is 13.2 Å². The highest BCUT2D eigenvalue weighted by molar-refractivity contribution is 9.10. The van der Waals surface area contributed by atoms with Crippen LogP contribution < -0.4 is 0 Å². The zero-order valence-electron chi connectivity index (χ0n) is 9.95. The molecule has 2 rings (SSSR count). The van der Waals surface area contributed by atoms with Crippen molar-refractivity contribution in [1.29, 1.82) is 0 Å². The molecule has 1 atom stereocenters. The first-order chi connectivity index (χ1) is 8.89. The lowest BCUT2D eigenvalue weighted by Crippen LogP contribution is -2.44. The van der Waals surface area contributed by atoms with Gasteiger partial charge in [0.2, 0.25) is 0 Å². The molecule has 3 nitrogen and oxygen atoms in total. The monoisotopic (exact) mass is 336 g/mol. The number of carbonyl (C=O) groups is 1. The van der Waals surface area contributed by atoms with Gasteiger partial charge in [0, 0.05) is 19.3 Å². The van der Waals surface area contributed by atoms with Crippen molar-refractivity contribution in [1.82, 2.24) is 9.88 Å². The molecule has 1 aromatic heterocycles. The third kappa shape index (κ3) is 3.26. The fraction of sp³-hybridized carbons (Fsp3) is 0.500. The summed E-state index contributed by atoms with van der Waals surface area (Å²) in [5, 5.41) is 0. The van der Waals surface area contributed by atoms with Gasteiger partial charge in [0.15, 0.2) is 0 Å². The molecule has 0 aliphatic carbocycles. The van der Waals surface area contributed by atoms with Gasteiger partial charge in [-0.25, -0.2) is 4.98 Å². The summed E-state index contributed by atoms with van der Waals surface area (Å²) in [5.41, 5.74) is 0.297. The van der Waals surface area contributed by atoms with Crippen molar-refractivity contribution in [2.24, 2.45) is 5.92 Å². The van der Waals surface area contributed by atoms with Crippen LogP contribution in [0, 0.1) is 5.92 Å². The Morgan fingerprint density at radius 2 is 2.21 bits per heavy atom. The van der Waals surface area contributed by atoms with Crippen molar-refractivity contribution in [3.8, 4) is 0 Å². The Bertz CT molecular complexity index is 478. The molecule has 1 unspecified atom stereocenters. The zero-order valence-corrected chi connectivity index (χ0v) is 11.5. The predicted octanol–water partition coefficient (Wildman–Crippen LogP) is 3.26. The second kappa shape index (κ2) is 5.48. The van der Waals surface area contributed by atoms with E-state index in [0.29, 0.717) is 23.1 Å². The third-order valence-corrected chi connectivity index (χ3v) is 3.79.